The third kappa shape index (κ3) is 3.67. The van der Waals surface area contributed by atoms with E-state index >= 15 is 0 Å². The molecular weight excluding hydrogens is 368 g/mol. The van der Waals surface area contributed by atoms with Crippen LogP contribution in [-0.2, 0) is 16.4 Å². The second-order valence-electron chi connectivity index (χ2n) is 6.17. The fraction of sp³-hybridized carbons (Fsp3) is 0.211. The third-order valence-corrected chi connectivity index (χ3v) is 5.80. The summed E-state index contributed by atoms with van der Waals surface area (Å²) in [5.74, 6) is 1.24. The molecule has 0 unspecified atom stereocenters. The number of sulfonamides is 1. The Morgan fingerprint density at radius 2 is 1.70 bits per heavy atom. The lowest BCUT2D eigenvalue weighted by Crippen LogP contribution is -2.27. The summed E-state index contributed by atoms with van der Waals surface area (Å²) in [6.45, 7) is 1.08. The molecule has 0 radical (unpaired) electrons. The van der Waals surface area contributed by atoms with Crippen LogP contribution in [0.15, 0.2) is 58.2 Å². The second kappa shape index (κ2) is 7.05. The summed E-state index contributed by atoms with van der Waals surface area (Å²) >= 11 is 0. The first-order valence-electron chi connectivity index (χ1n) is 8.53. The van der Waals surface area contributed by atoms with Gasteiger partial charge in [0, 0.05) is 23.6 Å². The molecule has 27 heavy (non-hydrogen) atoms. The van der Waals surface area contributed by atoms with Crippen molar-refractivity contribution in [1.82, 2.24) is 9.71 Å². The number of hydrogen-bond acceptors (Lipinski definition) is 5. The molecule has 0 spiro atoms. The molecule has 7 nitrogen and oxygen atoms in total. The summed E-state index contributed by atoms with van der Waals surface area (Å²) < 4.78 is 38.1. The molecule has 0 saturated carbocycles. The van der Waals surface area contributed by atoms with Gasteiger partial charge in [-0.05, 0) is 30.7 Å². The Kier molecular flexibility index (Phi) is 4.59. The standard InChI is InChI=1S/C19H18N2O5S/c22-19-13(6-7-20-27(23,24)15-4-2-1-3-5-15)10-14-11-17-18(12-16(14)21-19)26-9-8-25-17/h1-5,10-12,20H,6-9H2,(H,21,22). The Bertz CT molecular complexity index is 1140. The van der Waals surface area contributed by atoms with E-state index in [2.05, 4.69) is 9.71 Å². The van der Waals surface area contributed by atoms with E-state index in [9.17, 15) is 13.2 Å². The Hall–Kier alpha value is -2.84. The highest BCUT2D eigenvalue weighted by Crippen LogP contribution is 2.33. The van der Waals surface area contributed by atoms with Gasteiger partial charge in [0.2, 0.25) is 10.0 Å². The van der Waals surface area contributed by atoms with E-state index in [1.807, 2.05) is 6.07 Å². The summed E-state index contributed by atoms with van der Waals surface area (Å²) in [5.41, 5.74) is 0.894. The van der Waals surface area contributed by atoms with Crippen molar-refractivity contribution in [3.05, 3.63) is 64.4 Å². The number of benzene rings is 2. The zero-order chi connectivity index (χ0) is 18.9. The van der Waals surface area contributed by atoms with E-state index < -0.39 is 10.0 Å². The van der Waals surface area contributed by atoms with Gasteiger partial charge in [0.1, 0.15) is 13.2 Å². The molecule has 1 aromatic heterocycles. The van der Waals surface area contributed by atoms with Gasteiger partial charge in [-0.3, -0.25) is 4.79 Å². The van der Waals surface area contributed by atoms with Crippen molar-refractivity contribution in [3.8, 4) is 11.5 Å². The summed E-state index contributed by atoms with van der Waals surface area (Å²) in [6, 6.07) is 13.4. The van der Waals surface area contributed by atoms with E-state index in [0.717, 1.165) is 5.39 Å². The monoisotopic (exact) mass is 386 g/mol. The lowest BCUT2D eigenvalue weighted by molar-refractivity contribution is 0.172. The van der Waals surface area contributed by atoms with Gasteiger partial charge < -0.3 is 14.5 Å². The average molecular weight is 386 g/mol. The van der Waals surface area contributed by atoms with Gasteiger partial charge in [-0.15, -0.1) is 0 Å². The van der Waals surface area contributed by atoms with Crippen molar-refractivity contribution in [2.75, 3.05) is 19.8 Å². The van der Waals surface area contributed by atoms with E-state index in [-0.39, 0.29) is 23.4 Å². The average Bonchev–Trinajstić information content (AvgIpc) is 2.67. The van der Waals surface area contributed by atoms with Crippen LogP contribution in [0.5, 0.6) is 11.5 Å². The first-order chi connectivity index (χ1) is 13.0. The summed E-state index contributed by atoms with van der Waals surface area (Å²) in [5, 5.41) is 0.805. The number of fused-ring (bicyclic) bond motifs is 2. The van der Waals surface area contributed by atoms with E-state index in [1.54, 1.807) is 30.3 Å². The van der Waals surface area contributed by atoms with E-state index in [4.69, 9.17) is 9.47 Å². The first-order valence-corrected chi connectivity index (χ1v) is 10.0. The number of aromatic amines is 1. The maximum absolute atomic E-state index is 12.3. The molecule has 0 bridgehead atoms. The fourth-order valence-electron chi connectivity index (χ4n) is 2.98. The SMILES string of the molecule is O=c1[nH]c2cc3c(cc2cc1CCNS(=O)(=O)c1ccccc1)OCCO3. The molecule has 1 aliphatic heterocycles. The quantitative estimate of drug-likeness (QED) is 0.697. The molecule has 3 aromatic rings. The first kappa shape index (κ1) is 17.6. The number of aromatic nitrogens is 1. The van der Waals surface area contributed by atoms with Crippen LogP contribution in [0.3, 0.4) is 0 Å². The number of H-pyrrole nitrogens is 1. The van der Waals surface area contributed by atoms with Crippen molar-refractivity contribution < 1.29 is 17.9 Å². The number of pyridine rings is 1. The van der Waals surface area contributed by atoms with Crippen molar-refractivity contribution in [1.29, 1.82) is 0 Å². The highest BCUT2D eigenvalue weighted by molar-refractivity contribution is 7.89. The highest BCUT2D eigenvalue weighted by atomic mass is 32.2. The maximum Gasteiger partial charge on any atom is 0.251 e. The van der Waals surface area contributed by atoms with Crippen LogP contribution in [0.4, 0.5) is 0 Å². The molecule has 2 aromatic carbocycles. The molecule has 4 rings (SSSR count). The zero-order valence-corrected chi connectivity index (χ0v) is 15.2. The number of rotatable bonds is 5. The molecular formula is C19H18N2O5S. The highest BCUT2D eigenvalue weighted by Gasteiger charge is 2.15. The van der Waals surface area contributed by atoms with Crippen LogP contribution >= 0.6 is 0 Å². The second-order valence-corrected chi connectivity index (χ2v) is 7.93. The van der Waals surface area contributed by atoms with Gasteiger partial charge in [-0.25, -0.2) is 13.1 Å². The van der Waals surface area contributed by atoms with Crippen molar-refractivity contribution >= 4 is 20.9 Å². The lowest BCUT2D eigenvalue weighted by atomic mass is 10.1. The van der Waals surface area contributed by atoms with Crippen molar-refractivity contribution in [2.45, 2.75) is 11.3 Å². The van der Waals surface area contributed by atoms with Crippen LogP contribution < -0.4 is 19.8 Å². The number of ether oxygens (including phenoxy) is 2. The number of hydrogen-bond donors (Lipinski definition) is 2. The molecule has 0 aliphatic carbocycles. The molecule has 140 valence electrons. The van der Waals surface area contributed by atoms with Gasteiger partial charge in [0.05, 0.1) is 10.4 Å². The molecule has 2 heterocycles. The topological polar surface area (TPSA) is 97.5 Å². The van der Waals surface area contributed by atoms with Crippen LogP contribution in [0.1, 0.15) is 5.56 Å². The predicted molar refractivity (Wildman–Crippen MR) is 101 cm³/mol. The minimum Gasteiger partial charge on any atom is -0.486 e. The Labute approximate surface area is 156 Å². The number of nitrogens with one attached hydrogen (secondary N) is 2. The molecule has 2 N–H and O–H groups in total. The smallest absolute Gasteiger partial charge is 0.251 e. The Balaban J connectivity index is 1.54. The van der Waals surface area contributed by atoms with Gasteiger partial charge in [-0.2, -0.15) is 0 Å². The van der Waals surface area contributed by atoms with Gasteiger partial charge >= 0.3 is 0 Å². The Morgan fingerprint density at radius 3 is 2.44 bits per heavy atom. The molecule has 1 aliphatic rings. The summed E-state index contributed by atoms with van der Waals surface area (Å²) in [4.78, 5) is 15.3. The van der Waals surface area contributed by atoms with Crippen LogP contribution in [0.25, 0.3) is 10.9 Å². The Morgan fingerprint density at radius 1 is 1.00 bits per heavy atom. The normalized spacial score (nSPS) is 13.6. The van der Waals surface area contributed by atoms with Crippen molar-refractivity contribution in [3.63, 3.8) is 0 Å². The minimum atomic E-state index is -3.60. The minimum absolute atomic E-state index is 0.121. The van der Waals surface area contributed by atoms with E-state index in [1.165, 1.54) is 12.1 Å². The van der Waals surface area contributed by atoms with Gasteiger partial charge in [0.25, 0.3) is 5.56 Å². The molecule has 0 saturated heterocycles. The molecule has 0 atom stereocenters. The predicted octanol–water partition coefficient (Wildman–Crippen LogP) is 1.82. The maximum atomic E-state index is 12.3. The van der Waals surface area contributed by atoms with Gasteiger partial charge in [0.15, 0.2) is 11.5 Å². The van der Waals surface area contributed by atoms with E-state index in [0.29, 0.717) is 35.8 Å². The zero-order valence-electron chi connectivity index (χ0n) is 14.4. The molecule has 0 amide bonds. The van der Waals surface area contributed by atoms with Crippen LogP contribution in [-0.4, -0.2) is 33.2 Å². The fourth-order valence-corrected chi connectivity index (χ4v) is 4.03. The largest absolute Gasteiger partial charge is 0.486 e. The van der Waals surface area contributed by atoms with Crippen LogP contribution in [0.2, 0.25) is 0 Å². The lowest BCUT2D eigenvalue weighted by Gasteiger charge is -2.18. The molecule has 8 heteroatoms. The van der Waals surface area contributed by atoms with Crippen molar-refractivity contribution in [2.24, 2.45) is 0 Å². The van der Waals surface area contributed by atoms with Gasteiger partial charge in [-0.1, -0.05) is 18.2 Å². The van der Waals surface area contributed by atoms with Crippen LogP contribution in [0, 0.1) is 0 Å². The molecule has 0 fully saturated rings. The third-order valence-electron chi connectivity index (χ3n) is 4.32. The summed E-state index contributed by atoms with van der Waals surface area (Å²) in [6.07, 6.45) is 0.270. The summed E-state index contributed by atoms with van der Waals surface area (Å²) in [7, 11) is -3.60.